The van der Waals surface area contributed by atoms with Gasteiger partial charge in [0.15, 0.2) is 0 Å². The van der Waals surface area contributed by atoms with Crippen LogP contribution in [-0.4, -0.2) is 33.2 Å². The average molecular weight is 401 g/mol. The van der Waals surface area contributed by atoms with Crippen molar-refractivity contribution < 1.29 is 13.2 Å². The van der Waals surface area contributed by atoms with Crippen LogP contribution in [-0.2, 0) is 21.2 Å². The van der Waals surface area contributed by atoms with Crippen LogP contribution in [0.2, 0.25) is 0 Å². The zero-order valence-corrected chi connectivity index (χ0v) is 17.8. The number of rotatable bonds is 6. The fourth-order valence-electron chi connectivity index (χ4n) is 3.91. The maximum atomic E-state index is 12.9. The number of benzene rings is 2. The van der Waals surface area contributed by atoms with Crippen LogP contribution in [0.3, 0.4) is 0 Å². The lowest BCUT2D eigenvalue weighted by Gasteiger charge is -2.26. The number of anilines is 2. The van der Waals surface area contributed by atoms with Gasteiger partial charge in [-0.2, -0.15) is 0 Å². The Hall–Kier alpha value is -2.34. The fourth-order valence-corrected chi connectivity index (χ4v) is 4.93. The van der Waals surface area contributed by atoms with Crippen molar-refractivity contribution in [2.45, 2.75) is 46.1 Å². The van der Waals surface area contributed by atoms with Crippen LogP contribution in [0.5, 0.6) is 0 Å². The lowest BCUT2D eigenvalue weighted by atomic mass is 10.1. The highest BCUT2D eigenvalue weighted by atomic mass is 32.2. The molecule has 1 heterocycles. The molecule has 150 valence electrons. The van der Waals surface area contributed by atoms with Gasteiger partial charge in [-0.1, -0.05) is 30.3 Å². The van der Waals surface area contributed by atoms with Crippen molar-refractivity contribution in [2.24, 2.45) is 0 Å². The summed E-state index contributed by atoms with van der Waals surface area (Å²) in [6.07, 6.45) is 2.87. The van der Waals surface area contributed by atoms with Gasteiger partial charge in [0.1, 0.15) is 0 Å². The van der Waals surface area contributed by atoms with Crippen LogP contribution >= 0.6 is 0 Å². The van der Waals surface area contributed by atoms with E-state index < -0.39 is 10.0 Å². The summed E-state index contributed by atoms with van der Waals surface area (Å²) in [5, 5.41) is 0. The zero-order chi connectivity index (χ0) is 20.5. The quantitative estimate of drug-likeness (QED) is 0.740. The number of aryl methyl sites for hydroxylation is 1. The van der Waals surface area contributed by atoms with E-state index in [1.165, 1.54) is 16.1 Å². The molecule has 1 aliphatic heterocycles. The van der Waals surface area contributed by atoms with Crippen LogP contribution in [0.15, 0.2) is 42.5 Å². The molecular formula is C22H28N2O3S. The van der Waals surface area contributed by atoms with Crippen molar-refractivity contribution in [1.29, 1.82) is 0 Å². The Morgan fingerprint density at radius 2 is 1.86 bits per heavy atom. The molecule has 1 atom stereocenters. The van der Waals surface area contributed by atoms with Gasteiger partial charge in [0.2, 0.25) is 15.9 Å². The Morgan fingerprint density at radius 3 is 2.57 bits per heavy atom. The summed E-state index contributed by atoms with van der Waals surface area (Å²) in [6, 6.07) is 13.8. The fraction of sp³-hybridized carbons (Fsp3) is 0.409. The van der Waals surface area contributed by atoms with Gasteiger partial charge in [-0.25, -0.2) is 8.42 Å². The SMILES string of the molecule is Cc1cccc(N(CCCC(=O)N2c3ccccc3C[C@H]2C)S(C)(=O)=O)c1C. The first-order valence-electron chi connectivity index (χ1n) is 9.64. The van der Waals surface area contributed by atoms with Crippen molar-refractivity contribution in [3.63, 3.8) is 0 Å². The summed E-state index contributed by atoms with van der Waals surface area (Å²) in [5.41, 5.74) is 4.85. The van der Waals surface area contributed by atoms with Gasteiger partial charge < -0.3 is 4.90 Å². The first kappa shape index (κ1) is 20.4. The molecule has 1 aliphatic rings. The number of hydrogen-bond acceptors (Lipinski definition) is 3. The molecule has 0 fully saturated rings. The summed E-state index contributed by atoms with van der Waals surface area (Å²) in [6.45, 7) is 6.24. The van der Waals surface area contributed by atoms with E-state index in [2.05, 4.69) is 13.0 Å². The number of para-hydroxylation sites is 1. The monoisotopic (exact) mass is 400 g/mol. The van der Waals surface area contributed by atoms with Crippen molar-refractivity contribution in [1.82, 2.24) is 0 Å². The number of carbonyl (C=O) groups is 1. The van der Waals surface area contributed by atoms with Crippen molar-refractivity contribution in [2.75, 3.05) is 22.0 Å². The molecule has 0 aliphatic carbocycles. The summed E-state index contributed by atoms with van der Waals surface area (Å²) < 4.78 is 26.2. The van der Waals surface area contributed by atoms with Gasteiger partial charge in [0.05, 0.1) is 11.9 Å². The van der Waals surface area contributed by atoms with Crippen molar-refractivity contribution >= 4 is 27.3 Å². The minimum atomic E-state index is -3.43. The molecule has 2 aromatic rings. The largest absolute Gasteiger partial charge is 0.309 e. The van der Waals surface area contributed by atoms with Gasteiger partial charge in [-0.3, -0.25) is 9.10 Å². The first-order valence-corrected chi connectivity index (χ1v) is 11.5. The number of amides is 1. The smallest absolute Gasteiger partial charge is 0.232 e. The second-order valence-electron chi connectivity index (χ2n) is 7.60. The molecule has 3 rings (SSSR count). The molecular weight excluding hydrogens is 372 g/mol. The number of nitrogens with zero attached hydrogens (tertiary/aromatic N) is 2. The molecule has 0 saturated heterocycles. The molecule has 28 heavy (non-hydrogen) atoms. The van der Waals surface area contributed by atoms with Gasteiger partial charge >= 0.3 is 0 Å². The minimum Gasteiger partial charge on any atom is -0.309 e. The summed E-state index contributed by atoms with van der Waals surface area (Å²) in [4.78, 5) is 14.7. The normalized spacial score (nSPS) is 16.1. The molecule has 0 spiro atoms. The van der Waals surface area contributed by atoms with Crippen molar-refractivity contribution in [3.05, 3.63) is 59.2 Å². The zero-order valence-electron chi connectivity index (χ0n) is 17.0. The molecule has 0 saturated carbocycles. The van der Waals surface area contributed by atoms with Crippen LogP contribution in [0.25, 0.3) is 0 Å². The van der Waals surface area contributed by atoms with Gasteiger partial charge in [-0.15, -0.1) is 0 Å². The Kier molecular flexibility index (Phi) is 5.79. The highest BCUT2D eigenvalue weighted by Crippen LogP contribution is 2.32. The molecule has 0 aromatic heterocycles. The molecule has 1 amide bonds. The van der Waals surface area contributed by atoms with E-state index >= 15 is 0 Å². The third kappa shape index (κ3) is 4.07. The van der Waals surface area contributed by atoms with E-state index in [-0.39, 0.29) is 11.9 Å². The number of carbonyl (C=O) groups excluding carboxylic acids is 1. The van der Waals surface area contributed by atoms with E-state index in [9.17, 15) is 13.2 Å². The van der Waals surface area contributed by atoms with E-state index in [0.29, 0.717) is 25.1 Å². The van der Waals surface area contributed by atoms with E-state index in [1.54, 1.807) is 0 Å². The Labute approximate surface area is 168 Å². The van der Waals surface area contributed by atoms with E-state index in [4.69, 9.17) is 0 Å². The summed E-state index contributed by atoms with van der Waals surface area (Å²) >= 11 is 0. The van der Waals surface area contributed by atoms with Crippen LogP contribution < -0.4 is 9.21 Å². The predicted molar refractivity (Wildman–Crippen MR) is 114 cm³/mol. The standard InChI is InChI=1S/C22H28N2O3S/c1-16-9-7-12-20(18(16)3)23(28(4,26)27)14-8-13-22(25)24-17(2)15-19-10-5-6-11-21(19)24/h5-7,9-12,17H,8,13-15H2,1-4H3/t17-/m1/s1. The third-order valence-corrected chi connectivity index (χ3v) is 6.65. The average Bonchev–Trinajstić information content (AvgIpc) is 2.96. The number of sulfonamides is 1. The van der Waals surface area contributed by atoms with Crippen LogP contribution in [0, 0.1) is 13.8 Å². The predicted octanol–water partition coefficient (Wildman–Crippen LogP) is 3.83. The summed E-state index contributed by atoms with van der Waals surface area (Å²) in [5.74, 6) is 0.0480. The van der Waals surface area contributed by atoms with E-state index in [1.807, 2.05) is 55.1 Å². The second-order valence-corrected chi connectivity index (χ2v) is 9.51. The topological polar surface area (TPSA) is 57.7 Å². The minimum absolute atomic E-state index is 0.0480. The molecule has 0 bridgehead atoms. The molecule has 0 N–H and O–H groups in total. The molecule has 0 radical (unpaired) electrons. The van der Waals surface area contributed by atoms with Gasteiger partial charge in [-0.05, 0) is 62.4 Å². The van der Waals surface area contributed by atoms with Gasteiger partial charge in [0.25, 0.3) is 0 Å². The van der Waals surface area contributed by atoms with Crippen LogP contribution in [0.1, 0.15) is 36.5 Å². The van der Waals surface area contributed by atoms with E-state index in [0.717, 1.165) is 23.2 Å². The Bertz CT molecular complexity index is 985. The highest BCUT2D eigenvalue weighted by Gasteiger charge is 2.30. The highest BCUT2D eigenvalue weighted by molar-refractivity contribution is 7.92. The molecule has 5 nitrogen and oxygen atoms in total. The maximum absolute atomic E-state index is 12.9. The summed E-state index contributed by atoms with van der Waals surface area (Å²) in [7, 11) is -3.43. The lowest BCUT2D eigenvalue weighted by Crippen LogP contribution is -2.37. The third-order valence-electron chi connectivity index (χ3n) is 5.47. The molecule has 2 aromatic carbocycles. The van der Waals surface area contributed by atoms with Crippen LogP contribution in [0.4, 0.5) is 11.4 Å². The number of fused-ring (bicyclic) bond motifs is 1. The molecule has 6 heteroatoms. The second kappa shape index (κ2) is 7.95. The lowest BCUT2D eigenvalue weighted by molar-refractivity contribution is -0.118. The Balaban J connectivity index is 1.72. The molecule has 0 unspecified atom stereocenters. The van der Waals surface area contributed by atoms with Gasteiger partial charge in [0, 0.05) is 24.7 Å². The maximum Gasteiger partial charge on any atom is 0.232 e. The van der Waals surface area contributed by atoms with Crippen molar-refractivity contribution in [3.8, 4) is 0 Å². The number of hydrogen-bond donors (Lipinski definition) is 0. The first-order chi connectivity index (χ1) is 13.2. The Morgan fingerprint density at radius 1 is 1.14 bits per heavy atom.